The number of hydrogen-bond donors (Lipinski definition) is 3. The van der Waals surface area contributed by atoms with Gasteiger partial charge in [-0.3, -0.25) is 4.79 Å². The zero-order valence-electron chi connectivity index (χ0n) is 19.6. The van der Waals surface area contributed by atoms with Gasteiger partial charge in [-0.15, -0.1) is 0 Å². The molecule has 1 atom stereocenters. The molecule has 3 rings (SSSR count). The average molecular weight is 477 g/mol. The maximum absolute atomic E-state index is 14.0. The van der Waals surface area contributed by atoms with E-state index in [1.165, 1.54) is 12.1 Å². The molecule has 0 saturated carbocycles. The van der Waals surface area contributed by atoms with E-state index >= 15 is 0 Å². The highest BCUT2D eigenvalue weighted by atomic mass is 19.3. The van der Waals surface area contributed by atoms with E-state index in [-0.39, 0.29) is 12.1 Å². The predicted molar refractivity (Wildman–Crippen MR) is 125 cm³/mol. The van der Waals surface area contributed by atoms with Gasteiger partial charge in [-0.1, -0.05) is 43.3 Å². The third-order valence-corrected chi connectivity index (χ3v) is 5.33. The van der Waals surface area contributed by atoms with Gasteiger partial charge in [-0.05, 0) is 29.7 Å². The summed E-state index contributed by atoms with van der Waals surface area (Å²) in [4.78, 5) is 22.7. The minimum atomic E-state index is -3.29. The van der Waals surface area contributed by atoms with Crippen molar-refractivity contribution in [1.29, 1.82) is 0 Å². The molecule has 1 aliphatic rings. The minimum absolute atomic E-state index is 0.255. The lowest BCUT2D eigenvalue weighted by molar-refractivity contribution is -0.118. The summed E-state index contributed by atoms with van der Waals surface area (Å²) in [6.07, 6.45) is 0.779. The first-order valence-corrected chi connectivity index (χ1v) is 11.0. The zero-order chi connectivity index (χ0) is 25.3. The fraction of sp³-hybridized carbons (Fsp3) is 0.360. The topological polar surface area (TPSA) is 73.5 Å². The second kappa shape index (κ2) is 12.1. The van der Waals surface area contributed by atoms with Gasteiger partial charge in [0.15, 0.2) is 0 Å². The summed E-state index contributed by atoms with van der Waals surface area (Å²) in [5, 5.41) is 9.28. The van der Waals surface area contributed by atoms with Crippen molar-refractivity contribution in [3.05, 3.63) is 82.6 Å². The molecule has 0 bridgehead atoms. The quantitative estimate of drug-likeness (QED) is 0.516. The number of rotatable bonds is 9. The van der Waals surface area contributed by atoms with Gasteiger partial charge >= 0.3 is 0 Å². The molecule has 2 aromatic rings. The van der Waals surface area contributed by atoms with Crippen LogP contribution < -0.4 is 16.0 Å². The van der Waals surface area contributed by atoms with Gasteiger partial charge in [-0.25, -0.2) is 13.2 Å². The lowest BCUT2D eigenvalue weighted by Gasteiger charge is -2.29. The Kier molecular flexibility index (Phi) is 9.53. The van der Waals surface area contributed by atoms with Gasteiger partial charge < -0.3 is 25.6 Å². The smallest absolute Gasteiger partial charge is 0.273 e. The van der Waals surface area contributed by atoms with Crippen molar-refractivity contribution >= 4 is 12.7 Å². The van der Waals surface area contributed by atoms with Gasteiger partial charge in [-0.2, -0.15) is 0 Å². The normalized spacial score (nSPS) is 15.4. The number of hydrogen-bond acceptors (Lipinski definition) is 5. The van der Waals surface area contributed by atoms with Crippen LogP contribution >= 0.6 is 0 Å². The van der Waals surface area contributed by atoms with E-state index in [1.54, 1.807) is 7.05 Å². The number of amides is 1. The molecule has 0 fully saturated rings. The Bertz CT molecular complexity index is 993. The molecule has 6 nitrogen and oxygen atoms in total. The molecule has 1 unspecified atom stereocenters. The number of nitrogens with zero attached hydrogens (tertiary/aromatic N) is 1. The standard InChI is InChI=1S/C24H29F3N4O.CH2O/c1-4-12-29-22-21(23(32)28-3)31(15-16-8-6-5-7-9-16)20(30-22)14-17-10-11-19(25)18(13-17)24(2,26)27;1-2/h5-11,13,20,29-30H,4,12,14-15H2,1-3H3,(H,28,32);1H2. The van der Waals surface area contributed by atoms with Crippen LogP contribution in [0.4, 0.5) is 13.2 Å². The molecule has 0 spiro atoms. The van der Waals surface area contributed by atoms with Crippen LogP contribution in [0, 0.1) is 5.82 Å². The number of carbonyl (C=O) groups excluding carboxylic acids is 2. The third kappa shape index (κ3) is 6.52. The maximum Gasteiger partial charge on any atom is 0.273 e. The number of nitrogens with one attached hydrogen (secondary N) is 3. The minimum Gasteiger partial charge on any atom is -0.370 e. The van der Waals surface area contributed by atoms with Crippen molar-refractivity contribution in [3.63, 3.8) is 0 Å². The molecule has 1 aliphatic heterocycles. The summed E-state index contributed by atoms with van der Waals surface area (Å²) in [7, 11) is 1.57. The Balaban J connectivity index is 0.00000199. The molecule has 34 heavy (non-hydrogen) atoms. The molecule has 3 N–H and O–H groups in total. The Morgan fingerprint density at radius 3 is 2.41 bits per heavy atom. The molecule has 1 heterocycles. The van der Waals surface area contributed by atoms with E-state index < -0.39 is 17.3 Å². The highest BCUT2D eigenvalue weighted by Gasteiger charge is 2.36. The zero-order valence-corrected chi connectivity index (χ0v) is 19.6. The Morgan fingerprint density at radius 2 is 1.82 bits per heavy atom. The maximum atomic E-state index is 14.0. The van der Waals surface area contributed by atoms with Gasteiger partial charge in [0.1, 0.15) is 30.3 Å². The van der Waals surface area contributed by atoms with Gasteiger partial charge in [0.05, 0.1) is 5.56 Å². The van der Waals surface area contributed by atoms with Gasteiger partial charge in [0, 0.05) is 33.5 Å². The Hall–Kier alpha value is -3.49. The van der Waals surface area contributed by atoms with Gasteiger partial charge in [0.25, 0.3) is 11.8 Å². The van der Waals surface area contributed by atoms with Crippen LogP contribution in [0.5, 0.6) is 0 Å². The molecular weight excluding hydrogens is 445 g/mol. The monoisotopic (exact) mass is 476 g/mol. The Labute approximate surface area is 198 Å². The fourth-order valence-electron chi connectivity index (χ4n) is 3.75. The van der Waals surface area contributed by atoms with Crippen LogP contribution in [-0.2, 0) is 28.5 Å². The molecule has 9 heteroatoms. The average Bonchev–Trinajstić information content (AvgIpc) is 3.16. The summed E-state index contributed by atoms with van der Waals surface area (Å²) in [5.41, 5.74) is 1.37. The first-order valence-electron chi connectivity index (χ1n) is 11.0. The van der Waals surface area contributed by atoms with Crippen LogP contribution in [0.3, 0.4) is 0 Å². The van der Waals surface area contributed by atoms with E-state index in [9.17, 15) is 18.0 Å². The fourth-order valence-corrected chi connectivity index (χ4v) is 3.75. The first kappa shape index (κ1) is 26.8. The van der Waals surface area contributed by atoms with Crippen molar-refractivity contribution in [1.82, 2.24) is 20.9 Å². The molecule has 1 amide bonds. The Morgan fingerprint density at radius 1 is 1.15 bits per heavy atom. The molecule has 184 valence electrons. The summed E-state index contributed by atoms with van der Waals surface area (Å²) >= 11 is 0. The predicted octanol–water partition coefficient (Wildman–Crippen LogP) is 3.64. The van der Waals surface area contributed by atoms with Crippen molar-refractivity contribution in [2.24, 2.45) is 0 Å². The van der Waals surface area contributed by atoms with E-state index in [4.69, 9.17) is 4.79 Å². The molecule has 0 aromatic heterocycles. The van der Waals surface area contributed by atoms with Crippen LogP contribution in [0.1, 0.15) is 37.0 Å². The number of likely N-dealkylation sites (N-methyl/N-ethyl adjacent to an activating group) is 1. The highest BCUT2D eigenvalue weighted by Crippen LogP contribution is 2.31. The van der Waals surface area contributed by atoms with Crippen LogP contribution in [-0.4, -0.2) is 37.4 Å². The second-order valence-corrected chi connectivity index (χ2v) is 7.91. The molecular formula is C25H31F3N4O2. The summed E-state index contributed by atoms with van der Waals surface area (Å²) in [6.45, 7) is 5.81. The largest absolute Gasteiger partial charge is 0.370 e. The molecule has 0 radical (unpaired) electrons. The number of carbonyl (C=O) groups is 2. The van der Waals surface area contributed by atoms with Gasteiger partial charge in [0.2, 0.25) is 0 Å². The van der Waals surface area contributed by atoms with Crippen molar-refractivity contribution in [2.45, 2.75) is 45.3 Å². The molecule has 2 aromatic carbocycles. The lowest BCUT2D eigenvalue weighted by atomic mass is 10.0. The second-order valence-electron chi connectivity index (χ2n) is 7.91. The summed E-state index contributed by atoms with van der Waals surface area (Å²) in [5.74, 6) is -3.88. The lowest BCUT2D eigenvalue weighted by Crippen LogP contribution is -2.41. The molecule has 0 aliphatic carbocycles. The van der Waals surface area contributed by atoms with E-state index in [2.05, 4.69) is 16.0 Å². The SMILES string of the molecule is C=O.CCCNC1=C(C(=O)NC)N(Cc2ccccc2)C(Cc2ccc(F)c(C(C)(F)F)c2)N1. The van der Waals surface area contributed by atoms with Crippen LogP contribution in [0.2, 0.25) is 0 Å². The number of halogens is 3. The van der Waals surface area contributed by atoms with E-state index in [0.717, 1.165) is 18.1 Å². The molecule has 0 saturated heterocycles. The van der Waals surface area contributed by atoms with Crippen LogP contribution in [0.25, 0.3) is 0 Å². The highest BCUT2D eigenvalue weighted by molar-refractivity contribution is 5.93. The van der Waals surface area contributed by atoms with Crippen molar-refractivity contribution in [2.75, 3.05) is 13.6 Å². The number of benzene rings is 2. The van der Waals surface area contributed by atoms with E-state index in [1.807, 2.05) is 48.9 Å². The third-order valence-electron chi connectivity index (χ3n) is 5.33. The first-order chi connectivity index (χ1) is 16.2. The van der Waals surface area contributed by atoms with E-state index in [0.29, 0.717) is 43.5 Å². The summed E-state index contributed by atoms with van der Waals surface area (Å²) in [6, 6.07) is 13.5. The number of alkyl halides is 2. The van der Waals surface area contributed by atoms with Crippen molar-refractivity contribution in [3.8, 4) is 0 Å². The van der Waals surface area contributed by atoms with Crippen molar-refractivity contribution < 1.29 is 22.8 Å². The summed E-state index contributed by atoms with van der Waals surface area (Å²) < 4.78 is 41.7. The van der Waals surface area contributed by atoms with Crippen LogP contribution in [0.15, 0.2) is 60.0 Å².